The van der Waals surface area contributed by atoms with Crippen LogP contribution >= 0.6 is 11.8 Å². The summed E-state index contributed by atoms with van der Waals surface area (Å²) in [5, 5.41) is 6.72. The molecule has 19 heavy (non-hydrogen) atoms. The molecule has 0 rings (SSSR count). The fourth-order valence-corrected chi connectivity index (χ4v) is 2.20. The maximum atomic E-state index is 4.24. The van der Waals surface area contributed by atoms with Crippen LogP contribution in [0.5, 0.6) is 0 Å². The first-order valence-electron chi connectivity index (χ1n) is 7.36. The number of nitrogens with one attached hydrogen (secondary N) is 2. The average Bonchev–Trinajstić information content (AvgIpc) is 2.42. The Bertz CT molecular complexity index is 221. The van der Waals surface area contributed by atoms with E-state index in [0.717, 1.165) is 25.6 Å². The van der Waals surface area contributed by atoms with Crippen molar-refractivity contribution in [3.63, 3.8) is 0 Å². The summed E-state index contributed by atoms with van der Waals surface area (Å²) in [6.45, 7) is 6.43. The zero-order valence-corrected chi connectivity index (χ0v) is 14.0. The first-order chi connectivity index (χ1) is 9.24. The van der Waals surface area contributed by atoms with Crippen LogP contribution in [0.2, 0.25) is 0 Å². The molecule has 0 aromatic rings. The molecule has 0 radical (unpaired) electrons. The van der Waals surface area contributed by atoms with Gasteiger partial charge in [-0.1, -0.05) is 13.3 Å². The Morgan fingerprint density at radius 1 is 1.11 bits per heavy atom. The molecule has 0 aliphatic carbocycles. The van der Waals surface area contributed by atoms with Crippen molar-refractivity contribution in [2.45, 2.75) is 32.6 Å². The maximum absolute atomic E-state index is 4.24. The second-order valence-electron chi connectivity index (χ2n) is 4.78. The summed E-state index contributed by atoms with van der Waals surface area (Å²) < 4.78 is 0. The smallest absolute Gasteiger partial charge is 0.191 e. The number of hydrogen-bond acceptors (Lipinski definition) is 3. The van der Waals surface area contributed by atoms with Gasteiger partial charge in [0.2, 0.25) is 0 Å². The Hall–Kier alpha value is -0.420. The molecule has 2 N–H and O–H groups in total. The van der Waals surface area contributed by atoms with Crippen LogP contribution in [0.25, 0.3) is 0 Å². The molecule has 0 saturated carbocycles. The normalized spacial score (nSPS) is 11.9. The van der Waals surface area contributed by atoms with E-state index in [1.165, 1.54) is 38.0 Å². The average molecular weight is 289 g/mol. The van der Waals surface area contributed by atoms with Gasteiger partial charge in [0.25, 0.3) is 0 Å². The van der Waals surface area contributed by atoms with Gasteiger partial charge < -0.3 is 15.5 Å². The molecule has 0 aromatic heterocycles. The number of thioether (sulfide) groups is 1. The van der Waals surface area contributed by atoms with Crippen LogP contribution in [0.3, 0.4) is 0 Å². The summed E-state index contributed by atoms with van der Waals surface area (Å²) in [4.78, 5) is 6.60. The maximum Gasteiger partial charge on any atom is 0.191 e. The number of guanidine groups is 1. The van der Waals surface area contributed by atoms with Gasteiger partial charge in [-0.05, 0) is 44.9 Å². The Balaban J connectivity index is 3.54. The van der Waals surface area contributed by atoms with Crippen LogP contribution in [-0.2, 0) is 0 Å². The van der Waals surface area contributed by atoms with E-state index in [0.29, 0.717) is 0 Å². The van der Waals surface area contributed by atoms with Crippen molar-refractivity contribution in [1.82, 2.24) is 15.5 Å². The number of hydrogen-bond donors (Lipinski definition) is 2. The van der Waals surface area contributed by atoms with E-state index in [9.17, 15) is 0 Å². The summed E-state index contributed by atoms with van der Waals surface area (Å²) in [5.74, 6) is 2.17. The van der Waals surface area contributed by atoms with E-state index in [2.05, 4.69) is 40.8 Å². The van der Waals surface area contributed by atoms with Crippen molar-refractivity contribution >= 4 is 17.7 Å². The summed E-state index contributed by atoms with van der Waals surface area (Å²) in [6, 6.07) is 0. The molecule has 4 nitrogen and oxygen atoms in total. The van der Waals surface area contributed by atoms with Crippen molar-refractivity contribution < 1.29 is 0 Å². The Morgan fingerprint density at radius 2 is 1.84 bits per heavy atom. The van der Waals surface area contributed by atoms with Gasteiger partial charge in [0.15, 0.2) is 5.96 Å². The molecule has 0 aliphatic rings. The fraction of sp³-hybridized carbons (Fsp3) is 0.929. The zero-order valence-electron chi connectivity index (χ0n) is 13.2. The van der Waals surface area contributed by atoms with Gasteiger partial charge in [0.05, 0.1) is 0 Å². The van der Waals surface area contributed by atoms with E-state index in [1.807, 2.05) is 18.8 Å². The highest BCUT2D eigenvalue weighted by Gasteiger charge is 1.99. The third-order valence-electron chi connectivity index (χ3n) is 2.97. The lowest BCUT2D eigenvalue weighted by molar-refractivity contribution is 0.332. The molecular formula is C14H32N4S. The van der Waals surface area contributed by atoms with Gasteiger partial charge in [-0.2, -0.15) is 11.8 Å². The van der Waals surface area contributed by atoms with E-state index in [-0.39, 0.29) is 0 Å². The van der Waals surface area contributed by atoms with E-state index >= 15 is 0 Å². The van der Waals surface area contributed by atoms with Crippen LogP contribution in [0.4, 0.5) is 0 Å². The van der Waals surface area contributed by atoms with E-state index in [4.69, 9.17) is 0 Å². The highest BCUT2D eigenvalue weighted by molar-refractivity contribution is 7.98. The van der Waals surface area contributed by atoms with Crippen LogP contribution < -0.4 is 10.6 Å². The fourth-order valence-electron chi connectivity index (χ4n) is 1.70. The molecule has 5 heteroatoms. The number of nitrogens with zero attached hydrogens (tertiary/aromatic N) is 2. The molecule has 0 aliphatic heterocycles. The Labute approximate surface area is 123 Å². The minimum Gasteiger partial charge on any atom is -0.356 e. The van der Waals surface area contributed by atoms with Gasteiger partial charge in [-0.15, -0.1) is 0 Å². The molecule has 114 valence electrons. The second kappa shape index (κ2) is 14.0. The first-order valence-corrected chi connectivity index (χ1v) is 8.76. The third-order valence-corrected chi connectivity index (χ3v) is 3.67. The minimum absolute atomic E-state index is 0.924. The molecule has 0 spiro atoms. The van der Waals surface area contributed by atoms with Gasteiger partial charge in [-0.25, -0.2) is 0 Å². The number of aliphatic imine (C=N–C) groups is 1. The molecule has 0 aromatic carbocycles. The largest absolute Gasteiger partial charge is 0.356 e. The van der Waals surface area contributed by atoms with Gasteiger partial charge >= 0.3 is 0 Å². The Kier molecular flexibility index (Phi) is 13.7. The predicted octanol–water partition coefficient (Wildman–Crippen LogP) is 2.03. The zero-order chi connectivity index (χ0) is 14.3. The lowest BCUT2D eigenvalue weighted by Crippen LogP contribution is -2.41. The third kappa shape index (κ3) is 12.4. The molecule has 0 amide bonds. The van der Waals surface area contributed by atoms with Crippen LogP contribution in [0.15, 0.2) is 4.99 Å². The van der Waals surface area contributed by atoms with Crippen molar-refractivity contribution in [2.75, 3.05) is 52.3 Å². The molecule has 0 heterocycles. The highest BCUT2D eigenvalue weighted by atomic mass is 32.2. The summed E-state index contributed by atoms with van der Waals surface area (Å²) in [5.41, 5.74) is 0. The lowest BCUT2D eigenvalue weighted by atomic mass is 10.3. The topological polar surface area (TPSA) is 39.7 Å². The van der Waals surface area contributed by atoms with Crippen LogP contribution in [0, 0.1) is 0 Å². The summed E-state index contributed by atoms with van der Waals surface area (Å²) >= 11 is 1.91. The highest BCUT2D eigenvalue weighted by Crippen LogP contribution is 1.97. The van der Waals surface area contributed by atoms with E-state index < -0.39 is 0 Å². The summed E-state index contributed by atoms with van der Waals surface area (Å²) in [7, 11) is 4.01. The monoisotopic (exact) mass is 288 g/mol. The second-order valence-corrected chi connectivity index (χ2v) is 5.77. The van der Waals surface area contributed by atoms with Gasteiger partial charge in [0.1, 0.15) is 0 Å². The van der Waals surface area contributed by atoms with Crippen LogP contribution in [-0.4, -0.2) is 63.1 Å². The molecule has 0 bridgehead atoms. The number of unbranched alkanes of at least 4 members (excludes halogenated alkanes) is 2. The van der Waals surface area contributed by atoms with Crippen molar-refractivity contribution in [2.24, 2.45) is 4.99 Å². The van der Waals surface area contributed by atoms with Crippen LogP contribution in [0.1, 0.15) is 32.6 Å². The number of likely N-dealkylation sites (N-methyl/N-ethyl adjacent to an activating group) is 1. The van der Waals surface area contributed by atoms with Crippen molar-refractivity contribution in [1.29, 1.82) is 0 Å². The first kappa shape index (κ1) is 18.6. The van der Waals surface area contributed by atoms with E-state index in [1.54, 1.807) is 0 Å². The van der Waals surface area contributed by atoms with Crippen molar-refractivity contribution in [3.05, 3.63) is 0 Å². The molecule has 0 fully saturated rings. The van der Waals surface area contributed by atoms with Gasteiger partial charge in [-0.3, -0.25) is 4.99 Å². The van der Waals surface area contributed by atoms with Crippen molar-refractivity contribution in [3.8, 4) is 0 Å². The Morgan fingerprint density at radius 3 is 2.47 bits per heavy atom. The minimum atomic E-state index is 0.924. The molecule has 0 saturated heterocycles. The molecule has 0 unspecified atom stereocenters. The quantitative estimate of drug-likeness (QED) is 0.347. The predicted molar refractivity (Wildman–Crippen MR) is 89.4 cm³/mol. The lowest BCUT2D eigenvalue weighted by Gasteiger charge is -2.17. The standard InChI is InChI=1S/C14H32N4S/c1-5-6-11-18(3)12-10-17-14(15-2)16-9-7-8-13-19-4/h5-13H2,1-4H3,(H2,15,16,17). The number of rotatable bonds is 11. The van der Waals surface area contributed by atoms with Gasteiger partial charge in [0, 0.05) is 26.7 Å². The molecular weight excluding hydrogens is 256 g/mol. The molecule has 0 atom stereocenters. The SMILES string of the molecule is CCCCN(C)CCNC(=NC)NCCCCSC. The summed E-state index contributed by atoms with van der Waals surface area (Å²) in [6.07, 6.45) is 7.17.